The predicted octanol–water partition coefficient (Wildman–Crippen LogP) is 7.85. The van der Waals surface area contributed by atoms with Gasteiger partial charge in [-0.15, -0.1) is 0 Å². The molecule has 1 heterocycles. The van der Waals surface area contributed by atoms with Gasteiger partial charge in [0.1, 0.15) is 11.5 Å². The van der Waals surface area contributed by atoms with Crippen molar-refractivity contribution in [1.82, 2.24) is 0 Å². The van der Waals surface area contributed by atoms with E-state index >= 15 is 0 Å². The Morgan fingerprint density at radius 3 is 2.11 bits per heavy atom. The maximum Gasteiger partial charge on any atom is 0.416 e. The Balaban J connectivity index is 1.99. The molecule has 4 aromatic rings. The quantitative estimate of drug-likeness (QED) is 0.130. The minimum Gasteiger partial charge on any atom is -0.467 e. The SMILES string of the molecule is COCOc1c(P(Cl)c2oc(-c3c(C)cccc3C)c3ccccc23)ccc(C(F)(F)F)c1[Si](C)(C)C. The summed E-state index contributed by atoms with van der Waals surface area (Å²) in [6.07, 6.45) is -4.53. The lowest BCUT2D eigenvalue weighted by Crippen LogP contribution is -2.45. The first-order valence-electron chi connectivity index (χ1n) is 11.8. The molecule has 0 bridgehead atoms. The van der Waals surface area contributed by atoms with Gasteiger partial charge >= 0.3 is 6.18 Å². The summed E-state index contributed by atoms with van der Waals surface area (Å²) in [6, 6.07) is 16.3. The van der Waals surface area contributed by atoms with Crippen molar-refractivity contribution in [3.63, 3.8) is 0 Å². The summed E-state index contributed by atoms with van der Waals surface area (Å²) in [6.45, 7) is 9.43. The highest BCUT2D eigenvalue weighted by Gasteiger charge is 2.41. The van der Waals surface area contributed by atoms with Crippen LogP contribution in [0, 0.1) is 13.8 Å². The molecule has 0 amide bonds. The molecule has 1 aromatic heterocycles. The number of ether oxygens (including phenoxy) is 2. The lowest BCUT2D eigenvalue weighted by Gasteiger charge is -2.28. The molecule has 37 heavy (non-hydrogen) atoms. The highest BCUT2D eigenvalue weighted by Crippen LogP contribution is 2.48. The Bertz CT molecular complexity index is 1420. The summed E-state index contributed by atoms with van der Waals surface area (Å²) < 4.78 is 59.8. The first-order chi connectivity index (χ1) is 17.4. The normalized spacial score (nSPS) is 13.2. The van der Waals surface area contributed by atoms with Gasteiger partial charge in [0.25, 0.3) is 0 Å². The van der Waals surface area contributed by atoms with E-state index < -0.39 is 27.1 Å². The summed E-state index contributed by atoms with van der Waals surface area (Å²) >= 11 is 7.15. The zero-order valence-electron chi connectivity index (χ0n) is 21.6. The van der Waals surface area contributed by atoms with Gasteiger partial charge in [-0.2, -0.15) is 13.2 Å². The summed E-state index contributed by atoms with van der Waals surface area (Å²) in [5, 5.41) is 2.38. The second-order valence-electron chi connectivity index (χ2n) is 9.96. The Hall–Kier alpha value is -2.31. The number of halogens is 4. The van der Waals surface area contributed by atoms with Gasteiger partial charge in [-0.3, -0.25) is 0 Å². The van der Waals surface area contributed by atoms with Crippen LogP contribution in [0.5, 0.6) is 5.75 Å². The molecule has 0 aliphatic heterocycles. The molecule has 0 N–H and O–H groups in total. The molecule has 0 saturated carbocycles. The third-order valence-corrected chi connectivity index (χ3v) is 10.7. The third-order valence-electron chi connectivity index (χ3n) is 6.21. The summed E-state index contributed by atoms with van der Waals surface area (Å²) in [7, 11) is -2.85. The zero-order valence-corrected chi connectivity index (χ0v) is 24.2. The van der Waals surface area contributed by atoms with Crippen LogP contribution in [0.1, 0.15) is 16.7 Å². The van der Waals surface area contributed by atoms with Gasteiger partial charge in [-0.05, 0) is 42.3 Å². The van der Waals surface area contributed by atoms with Crippen molar-refractivity contribution < 1.29 is 27.1 Å². The van der Waals surface area contributed by atoms with E-state index in [4.69, 9.17) is 25.1 Å². The predicted molar refractivity (Wildman–Crippen MR) is 150 cm³/mol. The van der Waals surface area contributed by atoms with Crippen LogP contribution >= 0.6 is 18.5 Å². The fourth-order valence-electron chi connectivity index (χ4n) is 4.66. The number of furan rings is 1. The maximum atomic E-state index is 14.1. The van der Waals surface area contributed by atoms with Crippen molar-refractivity contribution in [1.29, 1.82) is 0 Å². The van der Waals surface area contributed by atoms with Gasteiger partial charge < -0.3 is 13.9 Å². The molecule has 0 spiro atoms. The van der Waals surface area contributed by atoms with E-state index in [0.717, 1.165) is 33.5 Å². The van der Waals surface area contributed by atoms with Crippen LogP contribution in [0.25, 0.3) is 22.1 Å². The monoisotopic (exact) mass is 564 g/mol. The van der Waals surface area contributed by atoms with Crippen molar-refractivity contribution in [2.45, 2.75) is 39.7 Å². The summed E-state index contributed by atoms with van der Waals surface area (Å²) in [5.41, 5.74) is 2.93. The Morgan fingerprint density at radius 2 is 1.54 bits per heavy atom. The van der Waals surface area contributed by atoms with Crippen LogP contribution in [0.15, 0.2) is 59.0 Å². The molecule has 9 heteroatoms. The van der Waals surface area contributed by atoms with Crippen molar-refractivity contribution in [2.75, 3.05) is 13.9 Å². The van der Waals surface area contributed by atoms with Gasteiger partial charge in [0, 0.05) is 28.8 Å². The fourth-order valence-corrected chi connectivity index (χ4v) is 8.82. The third kappa shape index (κ3) is 5.33. The van der Waals surface area contributed by atoms with E-state index in [2.05, 4.69) is 0 Å². The molecule has 0 fully saturated rings. The van der Waals surface area contributed by atoms with Gasteiger partial charge in [0.05, 0.1) is 20.9 Å². The van der Waals surface area contributed by atoms with Crippen molar-refractivity contribution >= 4 is 53.4 Å². The lowest BCUT2D eigenvalue weighted by atomic mass is 9.98. The van der Waals surface area contributed by atoms with Crippen LogP contribution in [0.2, 0.25) is 19.6 Å². The minimum absolute atomic E-state index is 0.144. The topological polar surface area (TPSA) is 31.6 Å². The number of fused-ring (bicyclic) bond motifs is 1. The van der Waals surface area contributed by atoms with E-state index in [0.29, 0.717) is 16.6 Å². The Labute approximate surface area is 222 Å². The standard InChI is InChI=1S/C28H29ClF3O3PSi/c1-17-10-9-11-18(2)23(17)24-19-12-7-8-13-20(19)27(35-24)36(29)22-15-14-21(28(30,31)32)26(37(4,5)6)25(22)34-16-33-3/h7-15H,16H2,1-6H3. The Morgan fingerprint density at radius 1 is 0.919 bits per heavy atom. The Kier molecular flexibility index (Phi) is 7.83. The van der Waals surface area contributed by atoms with Gasteiger partial charge in [-0.25, -0.2) is 0 Å². The van der Waals surface area contributed by atoms with Gasteiger partial charge in [-0.1, -0.05) is 73.3 Å². The molecule has 1 unspecified atom stereocenters. The van der Waals surface area contributed by atoms with Crippen LogP contribution in [0.3, 0.4) is 0 Å². The molecular weight excluding hydrogens is 536 g/mol. The first kappa shape index (κ1) is 27.7. The van der Waals surface area contributed by atoms with E-state index in [1.54, 1.807) is 0 Å². The highest BCUT2D eigenvalue weighted by atomic mass is 35.7. The van der Waals surface area contributed by atoms with E-state index in [-0.39, 0.29) is 17.7 Å². The van der Waals surface area contributed by atoms with Crippen molar-refractivity contribution in [3.8, 4) is 17.1 Å². The molecule has 0 aliphatic rings. The number of aryl methyl sites for hydroxylation is 2. The van der Waals surface area contributed by atoms with Gasteiger partial charge in [0.15, 0.2) is 12.3 Å². The van der Waals surface area contributed by atoms with Crippen LogP contribution in [-0.4, -0.2) is 22.0 Å². The zero-order chi connectivity index (χ0) is 27.1. The van der Waals surface area contributed by atoms with Crippen LogP contribution in [-0.2, 0) is 10.9 Å². The molecule has 196 valence electrons. The molecular formula is C28H29ClF3O3PSi. The summed E-state index contributed by atoms with van der Waals surface area (Å²) in [5.74, 6) is 0.845. The van der Waals surface area contributed by atoms with Gasteiger partial charge in [0.2, 0.25) is 0 Å². The number of benzene rings is 3. The molecule has 0 aliphatic carbocycles. The lowest BCUT2D eigenvalue weighted by molar-refractivity contribution is -0.136. The number of alkyl halides is 3. The number of hydrogen-bond acceptors (Lipinski definition) is 3. The highest BCUT2D eigenvalue weighted by molar-refractivity contribution is 7.95. The summed E-state index contributed by atoms with van der Waals surface area (Å²) in [4.78, 5) is 0. The van der Waals surface area contributed by atoms with E-state index in [9.17, 15) is 13.2 Å². The average molecular weight is 565 g/mol. The number of rotatable bonds is 7. The molecule has 1 atom stereocenters. The molecule has 0 saturated heterocycles. The van der Waals surface area contributed by atoms with Crippen molar-refractivity contribution in [3.05, 3.63) is 71.3 Å². The maximum absolute atomic E-state index is 14.1. The average Bonchev–Trinajstić information content (AvgIpc) is 3.19. The minimum atomic E-state index is -4.53. The van der Waals surface area contributed by atoms with Crippen LogP contribution < -0.4 is 20.7 Å². The second-order valence-corrected chi connectivity index (χ2v) is 17.4. The van der Waals surface area contributed by atoms with E-state index in [1.807, 2.05) is 76.0 Å². The largest absolute Gasteiger partial charge is 0.467 e. The molecule has 3 aromatic carbocycles. The van der Waals surface area contributed by atoms with Crippen molar-refractivity contribution in [2.24, 2.45) is 0 Å². The smallest absolute Gasteiger partial charge is 0.416 e. The number of methoxy groups -OCH3 is 1. The molecule has 4 rings (SSSR count). The number of hydrogen-bond donors (Lipinski definition) is 0. The molecule has 0 radical (unpaired) electrons. The fraction of sp³-hybridized carbons (Fsp3) is 0.286. The van der Waals surface area contributed by atoms with E-state index in [1.165, 1.54) is 13.2 Å². The second kappa shape index (κ2) is 10.5. The first-order valence-corrected chi connectivity index (χ1v) is 17.5. The molecule has 3 nitrogen and oxygen atoms in total. The van der Waals surface area contributed by atoms with Crippen LogP contribution in [0.4, 0.5) is 13.2 Å².